The van der Waals surface area contributed by atoms with Crippen molar-refractivity contribution in [3.8, 4) is 0 Å². The van der Waals surface area contributed by atoms with Gasteiger partial charge in [0.05, 0.1) is 12.7 Å². The highest BCUT2D eigenvalue weighted by Crippen LogP contribution is 2.14. The molecule has 0 aliphatic carbocycles. The first kappa shape index (κ1) is 18.6. The number of benzene rings is 1. The molecule has 0 radical (unpaired) electrons. The van der Waals surface area contributed by atoms with Crippen LogP contribution in [0.25, 0.3) is 6.08 Å². The first-order valence-electron chi connectivity index (χ1n) is 8.77. The molecule has 7 heteroatoms. The summed E-state index contributed by atoms with van der Waals surface area (Å²) in [6, 6.07) is 8.33. The van der Waals surface area contributed by atoms with E-state index in [1.165, 1.54) is 12.1 Å². The van der Waals surface area contributed by atoms with Gasteiger partial charge in [-0.3, -0.25) is 14.2 Å². The molecule has 0 atom stereocenters. The molecule has 1 amide bonds. The highest BCUT2D eigenvalue weighted by Gasteiger charge is 2.09. The highest BCUT2D eigenvalue weighted by atomic mass is 19.1. The minimum Gasteiger partial charge on any atom is -0.306 e. The van der Waals surface area contributed by atoms with Crippen molar-refractivity contribution in [2.75, 3.05) is 5.32 Å². The van der Waals surface area contributed by atoms with E-state index < -0.39 is 0 Å². The number of anilines is 1. The van der Waals surface area contributed by atoms with E-state index in [1.807, 2.05) is 25.5 Å². The predicted molar refractivity (Wildman–Crippen MR) is 103 cm³/mol. The number of amides is 1. The number of carbonyl (C=O) groups is 1. The molecule has 3 aromatic rings. The summed E-state index contributed by atoms with van der Waals surface area (Å²) in [5.74, 6) is -0.127. The number of halogens is 1. The van der Waals surface area contributed by atoms with Crippen LogP contribution in [-0.4, -0.2) is 25.5 Å². The lowest BCUT2D eigenvalue weighted by molar-refractivity contribution is -0.111. The Morgan fingerprint density at radius 3 is 2.74 bits per heavy atom. The molecule has 2 heterocycles. The van der Waals surface area contributed by atoms with Crippen molar-refractivity contribution in [1.82, 2.24) is 19.6 Å². The van der Waals surface area contributed by atoms with Gasteiger partial charge in [-0.25, -0.2) is 4.39 Å². The second-order valence-corrected chi connectivity index (χ2v) is 6.24. The average Bonchev–Trinajstić information content (AvgIpc) is 3.17. The molecule has 1 N–H and O–H groups in total. The Morgan fingerprint density at radius 2 is 2.04 bits per heavy atom. The molecule has 2 aromatic heterocycles. The maximum Gasteiger partial charge on any atom is 0.249 e. The molecule has 3 rings (SSSR count). The van der Waals surface area contributed by atoms with Crippen molar-refractivity contribution in [1.29, 1.82) is 0 Å². The number of nitrogens with zero attached hydrogens (tertiary/aromatic N) is 4. The predicted octanol–water partition coefficient (Wildman–Crippen LogP) is 3.56. The van der Waals surface area contributed by atoms with E-state index in [-0.39, 0.29) is 11.7 Å². The molecular formula is C20H22FN5O. The van der Waals surface area contributed by atoms with Gasteiger partial charge in [-0.05, 0) is 32.9 Å². The summed E-state index contributed by atoms with van der Waals surface area (Å²) < 4.78 is 17.3. The van der Waals surface area contributed by atoms with E-state index in [0.717, 1.165) is 23.5 Å². The van der Waals surface area contributed by atoms with Crippen LogP contribution in [-0.2, 0) is 17.9 Å². The number of aromatic nitrogens is 4. The van der Waals surface area contributed by atoms with Crippen molar-refractivity contribution in [2.24, 2.45) is 0 Å². The van der Waals surface area contributed by atoms with Crippen molar-refractivity contribution >= 4 is 17.8 Å². The zero-order valence-corrected chi connectivity index (χ0v) is 15.6. The van der Waals surface area contributed by atoms with Crippen LogP contribution in [0.4, 0.5) is 10.2 Å². The molecular weight excluding hydrogens is 345 g/mol. The Bertz CT molecular complexity index is 986. The zero-order valence-electron chi connectivity index (χ0n) is 15.6. The Hall–Kier alpha value is -3.22. The number of aryl methyl sites for hydroxylation is 2. The second-order valence-electron chi connectivity index (χ2n) is 6.24. The maximum absolute atomic E-state index is 13.8. The van der Waals surface area contributed by atoms with Crippen molar-refractivity contribution in [2.45, 2.75) is 33.9 Å². The Labute approximate surface area is 157 Å². The smallest absolute Gasteiger partial charge is 0.249 e. The van der Waals surface area contributed by atoms with Crippen LogP contribution in [0.15, 0.2) is 42.6 Å². The van der Waals surface area contributed by atoms with E-state index in [1.54, 1.807) is 41.2 Å². The summed E-state index contributed by atoms with van der Waals surface area (Å²) in [6.45, 7) is 6.92. The third kappa shape index (κ3) is 4.31. The molecule has 0 aliphatic heterocycles. The van der Waals surface area contributed by atoms with Gasteiger partial charge in [0.15, 0.2) is 5.82 Å². The molecule has 6 nitrogen and oxygen atoms in total. The SMILES string of the molecule is CCn1ncc(/C=C/C(=O)Nc2cc(C)n(Cc3ccccc3F)n2)c1C. The van der Waals surface area contributed by atoms with Gasteiger partial charge in [0.1, 0.15) is 5.82 Å². The zero-order chi connectivity index (χ0) is 19.4. The highest BCUT2D eigenvalue weighted by molar-refractivity contribution is 6.01. The van der Waals surface area contributed by atoms with Crippen LogP contribution in [0.2, 0.25) is 0 Å². The van der Waals surface area contributed by atoms with E-state index in [0.29, 0.717) is 17.9 Å². The molecule has 0 bridgehead atoms. The molecule has 0 fully saturated rings. The summed E-state index contributed by atoms with van der Waals surface area (Å²) in [4.78, 5) is 12.2. The fourth-order valence-electron chi connectivity index (χ4n) is 2.80. The molecule has 1 aromatic carbocycles. The maximum atomic E-state index is 13.8. The summed E-state index contributed by atoms with van der Waals surface area (Å²) in [5, 5.41) is 11.3. The van der Waals surface area contributed by atoms with Gasteiger partial charge in [-0.1, -0.05) is 18.2 Å². The summed E-state index contributed by atoms with van der Waals surface area (Å²) in [6.07, 6.45) is 4.91. The third-order valence-electron chi connectivity index (χ3n) is 4.37. The van der Waals surface area contributed by atoms with Gasteiger partial charge >= 0.3 is 0 Å². The minimum absolute atomic E-state index is 0.274. The van der Waals surface area contributed by atoms with E-state index in [9.17, 15) is 9.18 Å². The number of hydrogen-bond acceptors (Lipinski definition) is 3. The molecule has 0 aliphatic rings. The van der Waals surface area contributed by atoms with E-state index >= 15 is 0 Å². The fraction of sp³-hybridized carbons (Fsp3) is 0.250. The van der Waals surface area contributed by atoms with Gasteiger partial charge in [0.25, 0.3) is 0 Å². The lowest BCUT2D eigenvalue weighted by Crippen LogP contribution is -2.10. The van der Waals surface area contributed by atoms with Crippen LogP contribution in [0, 0.1) is 19.7 Å². The third-order valence-corrected chi connectivity index (χ3v) is 4.37. The minimum atomic E-state index is -0.283. The van der Waals surface area contributed by atoms with Crippen LogP contribution < -0.4 is 5.32 Å². The summed E-state index contributed by atoms with van der Waals surface area (Å²) in [5.41, 5.74) is 3.28. The van der Waals surface area contributed by atoms with Crippen molar-refractivity contribution < 1.29 is 9.18 Å². The van der Waals surface area contributed by atoms with Crippen molar-refractivity contribution in [3.05, 3.63) is 70.9 Å². The largest absolute Gasteiger partial charge is 0.306 e. The molecule has 0 saturated heterocycles. The lowest BCUT2D eigenvalue weighted by atomic mass is 10.2. The van der Waals surface area contributed by atoms with Gasteiger partial charge in [0.2, 0.25) is 5.91 Å². The molecule has 0 unspecified atom stereocenters. The van der Waals surface area contributed by atoms with Gasteiger partial charge < -0.3 is 5.32 Å². The van der Waals surface area contributed by atoms with Gasteiger partial charge in [-0.2, -0.15) is 10.2 Å². The van der Waals surface area contributed by atoms with Gasteiger partial charge in [0, 0.05) is 41.2 Å². The second kappa shape index (κ2) is 7.99. The van der Waals surface area contributed by atoms with Crippen LogP contribution in [0.3, 0.4) is 0 Å². The molecule has 140 valence electrons. The topological polar surface area (TPSA) is 64.7 Å². The first-order valence-corrected chi connectivity index (χ1v) is 8.77. The van der Waals surface area contributed by atoms with E-state index in [2.05, 4.69) is 15.5 Å². The normalized spacial score (nSPS) is 11.3. The summed E-state index contributed by atoms with van der Waals surface area (Å²) in [7, 11) is 0. The number of nitrogens with one attached hydrogen (secondary N) is 1. The lowest BCUT2D eigenvalue weighted by Gasteiger charge is -2.05. The molecule has 0 spiro atoms. The Balaban J connectivity index is 1.67. The summed E-state index contributed by atoms with van der Waals surface area (Å²) >= 11 is 0. The van der Waals surface area contributed by atoms with E-state index in [4.69, 9.17) is 0 Å². The molecule has 0 saturated carbocycles. The number of hydrogen-bond donors (Lipinski definition) is 1. The Morgan fingerprint density at radius 1 is 1.26 bits per heavy atom. The van der Waals surface area contributed by atoms with Gasteiger partial charge in [-0.15, -0.1) is 0 Å². The van der Waals surface area contributed by atoms with Crippen LogP contribution >= 0.6 is 0 Å². The average molecular weight is 367 g/mol. The Kier molecular flexibility index (Phi) is 5.49. The van der Waals surface area contributed by atoms with Crippen molar-refractivity contribution in [3.63, 3.8) is 0 Å². The quantitative estimate of drug-likeness (QED) is 0.678. The standard InChI is InChI=1S/C20H22FN5O/c1-4-25-15(3)16(12-22-25)9-10-20(27)23-19-11-14(2)26(24-19)13-17-7-5-6-8-18(17)21/h5-12H,4,13H2,1-3H3,(H,23,24,27)/b10-9+. The molecule has 27 heavy (non-hydrogen) atoms. The first-order chi connectivity index (χ1) is 13.0. The fourth-order valence-corrected chi connectivity index (χ4v) is 2.80. The number of carbonyl (C=O) groups excluding carboxylic acids is 1. The number of rotatable bonds is 6. The van der Waals surface area contributed by atoms with Crippen LogP contribution in [0.5, 0.6) is 0 Å². The van der Waals surface area contributed by atoms with Crippen LogP contribution in [0.1, 0.15) is 29.4 Å². The monoisotopic (exact) mass is 367 g/mol.